The number of Topliss-reactive ketones (excluding diaryl/α,β-unsaturated/α-hetero) is 1. The van der Waals surface area contributed by atoms with Gasteiger partial charge < -0.3 is 29.1 Å². The van der Waals surface area contributed by atoms with E-state index in [1.165, 1.54) is 12.0 Å². The molecule has 0 bridgehead atoms. The van der Waals surface area contributed by atoms with Gasteiger partial charge >= 0.3 is 0 Å². The van der Waals surface area contributed by atoms with E-state index in [0.717, 1.165) is 6.54 Å². The number of likely N-dealkylation sites (tertiary alicyclic amines) is 1. The van der Waals surface area contributed by atoms with Gasteiger partial charge in [-0.1, -0.05) is 0 Å². The van der Waals surface area contributed by atoms with Crippen LogP contribution in [0.3, 0.4) is 0 Å². The third kappa shape index (κ3) is 4.87. The molecule has 182 valence electrons. The fourth-order valence-electron chi connectivity index (χ4n) is 4.22. The number of amides is 1. The summed E-state index contributed by atoms with van der Waals surface area (Å²) in [6.45, 7) is 2.89. The van der Waals surface area contributed by atoms with Crippen LogP contribution in [0.5, 0.6) is 17.2 Å². The van der Waals surface area contributed by atoms with Gasteiger partial charge in [0, 0.05) is 17.7 Å². The van der Waals surface area contributed by atoms with Gasteiger partial charge in [-0.15, -0.1) is 0 Å². The zero-order valence-corrected chi connectivity index (χ0v) is 20.5. The molecule has 0 aromatic heterocycles. The molecular weight excluding hydrogens is 436 g/mol. The summed E-state index contributed by atoms with van der Waals surface area (Å²) < 4.78 is 16.2. The molecule has 1 saturated heterocycles. The second-order valence-corrected chi connectivity index (χ2v) is 8.44. The Morgan fingerprint density at radius 1 is 1.00 bits per heavy atom. The topological polar surface area (TPSA) is 88.5 Å². The van der Waals surface area contributed by atoms with Crippen LogP contribution < -0.4 is 14.2 Å². The molecule has 1 aliphatic rings. The number of aryl methyl sites for hydroxylation is 1. The number of benzene rings is 2. The highest BCUT2D eigenvalue weighted by molar-refractivity contribution is 6.46. The van der Waals surface area contributed by atoms with Gasteiger partial charge in [-0.05, 0) is 75.9 Å². The van der Waals surface area contributed by atoms with Gasteiger partial charge in [0.15, 0.2) is 0 Å². The first-order chi connectivity index (χ1) is 16.2. The number of rotatable bonds is 9. The van der Waals surface area contributed by atoms with E-state index in [1.807, 2.05) is 25.9 Å². The van der Waals surface area contributed by atoms with Gasteiger partial charge in [0.1, 0.15) is 23.0 Å². The molecule has 8 heteroatoms. The minimum atomic E-state index is -0.825. The van der Waals surface area contributed by atoms with E-state index in [2.05, 4.69) is 0 Å². The first-order valence-corrected chi connectivity index (χ1v) is 11.0. The highest BCUT2D eigenvalue weighted by atomic mass is 16.5. The molecule has 1 aliphatic heterocycles. The highest BCUT2D eigenvalue weighted by Gasteiger charge is 2.47. The quantitative estimate of drug-likeness (QED) is 0.343. The Labute approximate surface area is 200 Å². The second kappa shape index (κ2) is 10.6. The standard InChI is InChI=1S/C26H32N2O6/c1-16-14-17(32-4)8-10-19(16)24(29)22-23(20-15-18(33-5)9-11-21(20)34-6)28(26(31)25(22)30)13-7-12-27(2)3/h8-11,14-15,23,29H,7,12-13H2,1-6H3/t23-/m1/s1. The fraction of sp³-hybridized carbons (Fsp3) is 0.385. The summed E-state index contributed by atoms with van der Waals surface area (Å²) >= 11 is 0. The molecule has 2 aromatic carbocycles. The number of ether oxygens (including phenoxy) is 3. The molecule has 0 saturated carbocycles. The molecule has 8 nitrogen and oxygen atoms in total. The minimum absolute atomic E-state index is 0.0228. The molecule has 1 atom stereocenters. The molecule has 34 heavy (non-hydrogen) atoms. The lowest BCUT2D eigenvalue weighted by molar-refractivity contribution is -0.140. The number of nitrogens with zero attached hydrogens (tertiary/aromatic N) is 2. The Kier molecular flexibility index (Phi) is 7.83. The van der Waals surface area contributed by atoms with Crippen LogP contribution in [0.2, 0.25) is 0 Å². The van der Waals surface area contributed by atoms with Gasteiger partial charge in [-0.25, -0.2) is 0 Å². The average Bonchev–Trinajstić information content (AvgIpc) is 3.07. The van der Waals surface area contributed by atoms with Crippen molar-refractivity contribution >= 4 is 17.4 Å². The van der Waals surface area contributed by atoms with Crippen molar-refractivity contribution in [2.24, 2.45) is 0 Å². The smallest absolute Gasteiger partial charge is 0.295 e. The van der Waals surface area contributed by atoms with Crippen LogP contribution in [0.15, 0.2) is 42.0 Å². The summed E-state index contributed by atoms with van der Waals surface area (Å²) in [6, 6.07) is 9.54. The predicted octanol–water partition coefficient (Wildman–Crippen LogP) is 3.39. The molecule has 2 aromatic rings. The van der Waals surface area contributed by atoms with Crippen molar-refractivity contribution in [3.05, 3.63) is 58.7 Å². The molecule has 1 N–H and O–H groups in total. The maximum Gasteiger partial charge on any atom is 0.295 e. The molecule has 0 spiro atoms. The minimum Gasteiger partial charge on any atom is -0.507 e. The zero-order valence-electron chi connectivity index (χ0n) is 20.5. The molecule has 0 aliphatic carbocycles. The first kappa shape index (κ1) is 25.1. The van der Waals surface area contributed by atoms with Gasteiger partial charge in [0.05, 0.1) is 32.9 Å². The Morgan fingerprint density at radius 3 is 2.24 bits per heavy atom. The van der Waals surface area contributed by atoms with Crippen molar-refractivity contribution in [2.45, 2.75) is 19.4 Å². The maximum atomic E-state index is 13.3. The van der Waals surface area contributed by atoms with Crippen LogP contribution >= 0.6 is 0 Å². The number of hydrogen-bond acceptors (Lipinski definition) is 7. The summed E-state index contributed by atoms with van der Waals surface area (Å²) in [5, 5.41) is 11.4. The van der Waals surface area contributed by atoms with Crippen LogP contribution in [-0.2, 0) is 9.59 Å². The Hall–Kier alpha value is -3.52. The molecule has 3 rings (SSSR count). The lowest BCUT2D eigenvalue weighted by atomic mass is 9.93. The number of aliphatic hydroxyl groups is 1. The van der Waals surface area contributed by atoms with E-state index in [1.54, 1.807) is 50.6 Å². The van der Waals surface area contributed by atoms with Crippen LogP contribution in [0, 0.1) is 6.92 Å². The molecule has 1 heterocycles. The summed E-state index contributed by atoms with van der Waals surface area (Å²) in [6.07, 6.45) is 0.657. The van der Waals surface area contributed by atoms with E-state index in [9.17, 15) is 14.7 Å². The lowest BCUT2D eigenvalue weighted by Crippen LogP contribution is -2.32. The van der Waals surface area contributed by atoms with Crippen LogP contribution in [0.4, 0.5) is 0 Å². The summed E-state index contributed by atoms with van der Waals surface area (Å²) in [4.78, 5) is 30.0. The van der Waals surface area contributed by atoms with Crippen molar-refractivity contribution < 1.29 is 28.9 Å². The number of carbonyl (C=O) groups excluding carboxylic acids is 2. The maximum absolute atomic E-state index is 13.3. The number of ketones is 1. The Balaban J connectivity index is 2.22. The largest absolute Gasteiger partial charge is 0.507 e. The monoisotopic (exact) mass is 468 g/mol. The van der Waals surface area contributed by atoms with Crippen molar-refractivity contribution in [3.63, 3.8) is 0 Å². The summed E-state index contributed by atoms with van der Waals surface area (Å²) in [7, 11) is 8.52. The van der Waals surface area contributed by atoms with Gasteiger partial charge in [-0.2, -0.15) is 0 Å². The van der Waals surface area contributed by atoms with E-state index < -0.39 is 17.7 Å². The molecule has 1 amide bonds. The van der Waals surface area contributed by atoms with Crippen LogP contribution in [-0.4, -0.2) is 75.1 Å². The van der Waals surface area contributed by atoms with Crippen molar-refractivity contribution in [1.29, 1.82) is 0 Å². The van der Waals surface area contributed by atoms with Crippen LogP contribution in [0.1, 0.15) is 29.2 Å². The van der Waals surface area contributed by atoms with Crippen LogP contribution in [0.25, 0.3) is 5.76 Å². The number of methoxy groups -OCH3 is 3. The highest BCUT2D eigenvalue weighted by Crippen LogP contribution is 2.44. The Morgan fingerprint density at radius 2 is 1.65 bits per heavy atom. The summed E-state index contributed by atoms with van der Waals surface area (Å²) in [5.74, 6) is 0.0550. The summed E-state index contributed by atoms with van der Waals surface area (Å²) in [5.41, 5.74) is 1.76. The number of aliphatic hydroxyl groups excluding tert-OH is 1. The van der Waals surface area contributed by atoms with Crippen molar-refractivity contribution in [1.82, 2.24) is 9.80 Å². The lowest BCUT2D eigenvalue weighted by Gasteiger charge is -2.27. The first-order valence-electron chi connectivity index (χ1n) is 11.0. The molecule has 1 fully saturated rings. The Bertz CT molecular complexity index is 1110. The van der Waals surface area contributed by atoms with Crippen molar-refractivity contribution in [2.75, 3.05) is 48.5 Å². The number of hydrogen-bond donors (Lipinski definition) is 1. The van der Waals surface area contributed by atoms with E-state index in [0.29, 0.717) is 46.9 Å². The molecule has 0 radical (unpaired) electrons. The van der Waals surface area contributed by atoms with Gasteiger partial charge in [-0.3, -0.25) is 9.59 Å². The SMILES string of the molecule is COc1ccc(C(O)=C2C(=O)C(=O)N(CCCN(C)C)[C@@H]2c2cc(OC)ccc2OC)c(C)c1. The van der Waals surface area contributed by atoms with E-state index >= 15 is 0 Å². The molecular formula is C26H32N2O6. The number of carbonyl (C=O) groups is 2. The average molecular weight is 469 g/mol. The van der Waals surface area contributed by atoms with E-state index in [4.69, 9.17) is 14.2 Å². The van der Waals surface area contributed by atoms with E-state index in [-0.39, 0.29) is 11.3 Å². The zero-order chi connectivity index (χ0) is 25.0. The molecule has 0 unspecified atom stereocenters. The normalized spacial score (nSPS) is 17.4. The second-order valence-electron chi connectivity index (χ2n) is 8.44. The van der Waals surface area contributed by atoms with Gasteiger partial charge in [0.25, 0.3) is 11.7 Å². The third-order valence-corrected chi connectivity index (χ3v) is 5.96. The van der Waals surface area contributed by atoms with Crippen molar-refractivity contribution in [3.8, 4) is 17.2 Å². The van der Waals surface area contributed by atoms with Gasteiger partial charge in [0.2, 0.25) is 0 Å². The fourth-order valence-corrected chi connectivity index (χ4v) is 4.22. The third-order valence-electron chi connectivity index (χ3n) is 5.96. The predicted molar refractivity (Wildman–Crippen MR) is 129 cm³/mol.